The van der Waals surface area contributed by atoms with Crippen LogP contribution in [-0.4, -0.2) is 10.2 Å². The maximum Gasteiger partial charge on any atom is 0.253 e. The smallest absolute Gasteiger partial charge is 0.253 e. The summed E-state index contributed by atoms with van der Waals surface area (Å²) in [6.07, 6.45) is 3.56. The molecule has 0 aliphatic heterocycles. The van der Waals surface area contributed by atoms with Gasteiger partial charge in [-0.1, -0.05) is 6.07 Å². The van der Waals surface area contributed by atoms with Crippen LogP contribution < -0.4 is 10.5 Å². The summed E-state index contributed by atoms with van der Waals surface area (Å²) in [5, 5.41) is 7.64. The zero-order chi connectivity index (χ0) is 12.4. The molecule has 1 aromatic heterocycles. The highest BCUT2D eigenvalue weighted by Gasteiger charge is 2.12. The number of ether oxygens (including phenoxy) is 1. The Morgan fingerprint density at radius 2 is 2.00 bits per heavy atom. The van der Waals surface area contributed by atoms with Crippen LogP contribution >= 0.6 is 0 Å². The van der Waals surface area contributed by atoms with E-state index in [1.54, 1.807) is 0 Å². The highest BCUT2D eigenvalue weighted by molar-refractivity contribution is 5.38. The van der Waals surface area contributed by atoms with Crippen molar-refractivity contribution in [3.05, 3.63) is 41.1 Å². The van der Waals surface area contributed by atoms with E-state index < -0.39 is 0 Å². The average Bonchev–Trinajstić information content (AvgIpc) is 3.04. The summed E-state index contributed by atoms with van der Waals surface area (Å²) in [6.45, 7) is 0.539. The maximum absolute atomic E-state index is 5.64. The van der Waals surface area contributed by atoms with Crippen LogP contribution in [0, 0.1) is 0 Å². The second-order valence-electron chi connectivity index (χ2n) is 4.37. The van der Waals surface area contributed by atoms with Crippen LogP contribution in [0.2, 0.25) is 0 Å². The molecule has 3 rings (SSSR count). The third-order valence-corrected chi connectivity index (χ3v) is 3.12. The summed E-state index contributed by atoms with van der Waals surface area (Å²) in [7, 11) is 0. The molecule has 18 heavy (non-hydrogen) atoms. The molecular formula is C13H15N3O2. The van der Waals surface area contributed by atoms with Crippen LogP contribution in [0.3, 0.4) is 0 Å². The number of nitrogens with zero attached hydrogens (tertiary/aromatic N) is 2. The molecule has 0 spiro atoms. The Bertz CT molecular complexity index is 551. The van der Waals surface area contributed by atoms with E-state index in [0.717, 1.165) is 12.2 Å². The van der Waals surface area contributed by atoms with E-state index in [-0.39, 0.29) is 13.2 Å². The van der Waals surface area contributed by atoms with E-state index >= 15 is 0 Å². The lowest BCUT2D eigenvalue weighted by molar-refractivity contribution is 0.259. The van der Waals surface area contributed by atoms with Crippen molar-refractivity contribution < 1.29 is 9.15 Å². The van der Waals surface area contributed by atoms with Crippen molar-refractivity contribution in [2.75, 3.05) is 0 Å². The largest absolute Gasteiger partial charge is 0.484 e. The number of aromatic nitrogens is 2. The van der Waals surface area contributed by atoms with Gasteiger partial charge in [0.15, 0.2) is 6.61 Å². The first kappa shape index (κ1) is 11.2. The molecule has 5 nitrogen and oxygen atoms in total. The van der Waals surface area contributed by atoms with Crippen LogP contribution in [0.25, 0.3) is 0 Å². The number of nitrogens with two attached hydrogens (primary N) is 1. The lowest BCUT2D eigenvalue weighted by atomic mass is 10.1. The second kappa shape index (κ2) is 4.78. The Labute approximate surface area is 105 Å². The number of hydrogen-bond donors (Lipinski definition) is 1. The average molecular weight is 245 g/mol. The van der Waals surface area contributed by atoms with E-state index in [2.05, 4.69) is 22.3 Å². The molecule has 5 heteroatoms. The molecule has 1 aliphatic carbocycles. The van der Waals surface area contributed by atoms with Crippen LogP contribution in [0.1, 0.15) is 29.3 Å². The van der Waals surface area contributed by atoms with Gasteiger partial charge in [-0.25, -0.2) is 0 Å². The number of benzene rings is 1. The number of rotatable bonds is 4. The predicted molar refractivity (Wildman–Crippen MR) is 65.0 cm³/mol. The number of aryl methyl sites for hydroxylation is 2. The van der Waals surface area contributed by atoms with E-state index in [1.165, 1.54) is 24.0 Å². The Hall–Kier alpha value is -1.88. The van der Waals surface area contributed by atoms with Gasteiger partial charge in [-0.2, -0.15) is 0 Å². The first-order chi connectivity index (χ1) is 8.85. The van der Waals surface area contributed by atoms with Gasteiger partial charge < -0.3 is 14.9 Å². The molecule has 0 atom stereocenters. The van der Waals surface area contributed by atoms with Gasteiger partial charge in [-0.05, 0) is 42.5 Å². The van der Waals surface area contributed by atoms with Gasteiger partial charge in [0.05, 0.1) is 6.54 Å². The summed E-state index contributed by atoms with van der Waals surface area (Å²) in [4.78, 5) is 0. The topological polar surface area (TPSA) is 74.2 Å². The Morgan fingerprint density at radius 1 is 1.17 bits per heavy atom. The van der Waals surface area contributed by atoms with E-state index in [1.807, 2.05) is 6.07 Å². The molecule has 0 amide bonds. The molecule has 0 saturated carbocycles. The maximum atomic E-state index is 5.64. The number of hydrogen-bond acceptors (Lipinski definition) is 5. The molecule has 0 radical (unpaired) electrons. The van der Waals surface area contributed by atoms with Crippen molar-refractivity contribution in [1.82, 2.24) is 10.2 Å². The third kappa shape index (κ3) is 2.22. The fraction of sp³-hybridized carbons (Fsp3) is 0.385. The molecule has 0 fully saturated rings. The van der Waals surface area contributed by atoms with Gasteiger partial charge in [0.2, 0.25) is 5.89 Å². The first-order valence-electron chi connectivity index (χ1n) is 6.11. The minimum atomic E-state index is 0.256. The monoisotopic (exact) mass is 245 g/mol. The van der Waals surface area contributed by atoms with Crippen molar-refractivity contribution in [2.24, 2.45) is 5.73 Å². The molecule has 1 aromatic carbocycles. The van der Waals surface area contributed by atoms with Crippen LogP contribution in [-0.2, 0) is 26.0 Å². The quantitative estimate of drug-likeness (QED) is 0.885. The summed E-state index contributed by atoms with van der Waals surface area (Å²) in [6, 6.07) is 6.23. The summed E-state index contributed by atoms with van der Waals surface area (Å²) in [5.41, 5.74) is 8.22. The molecule has 0 saturated heterocycles. The van der Waals surface area contributed by atoms with Crippen molar-refractivity contribution >= 4 is 0 Å². The Kier molecular flexibility index (Phi) is 2.98. The molecular weight excluding hydrogens is 230 g/mol. The van der Waals surface area contributed by atoms with Crippen molar-refractivity contribution in [2.45, 2.75) is 32.4 Å². The zero-order valence-electron chi connectivity index (χ0n) is 10.1. The SMILES string of the molecule is NCc1nnc(COc2ccc3c(c2)CCC3)o1. The third-order valence-electron chi connectivity index (χ3n) is 3.12. The number of fused-ring (bicyclic) bond motifs is 1. The van der Waals surface area contributed by atoms with Crippen molar-refractivity contribution in [3.63, 3.8) is 0 Å². The van der Waals surface area contributed by atoms with E-state index in [0.29, 0.717) is 11.8 Å². The lowest BCUT2D eigenvalue weighted by Crippen LogP contribution is -1.96. The van der Waals surface area contributed by atoms with Crippen LogP contribution in [0.15, 0.2) is 22.6 Å². The molecule has 2 N–H and O–H groups in total. The van der Waals surface area contributed by atoms with Crippen LogP contribution in [0.4, 0.5) is 0 Å². The summed E-state index contributed by atoms with van der Waals surface area (Å²) < 4.78 is 10.9. The van der Waals surface area contributed by atoms with Crippen molar-refractivity contribution in [1.29, 1.82) is 0 Å². The highest BCUT2D eigenvalue weighted by Crippen LogP contribution is 2.26. The van der Waals surface area contributed by atoms with Crippen LogP contribution in [0.5, 0.6) is 5.75 Å². The normalized spacial score (nSPS) is 13.6. The van der Waals surface area contributed by atoms with Gasteiger partial charge in [-0.15, -0.1) is 10.2 Å². The highest BCUT2D eigenvalue weighted by atomic mass is 16.5. The molecule has 1 heterocycles. The van der Waals surface area contributed by atoms with Gasteiger partial charge >= 0.3 is 0 Å². The van der Waals surface area contributed by atoms with Crippen molar-refractivity contribution in [3.8, 4) is 5.75 Å². The van der Waals surface area contributed by atoms with Gasteiger partial charge in [0, 0.05) is 0 Å². The minimum absolute atomic E-state index is 0.256. The second-order valence-corrected chi connectivity index (χ2v) is 4.37. The molecule has 94 valence electrons. The molecule has 2 aromatic rings. The van der Waals surface area contributed by atoms with Gasteiger partial charge in [-0.3, -0.25) is 0 Å². The summed E-state index contributed by atoms with van der Waals surface area (Å²) in [5.74, 6) is 1.74. The predicted octanol–water partition coefficient (Wildman–Crippen LogP) is 1.60. The Balaban J connectivity index is 1.66. The van der Waals surface area contributed by atoms with Gasteiger partial charge in [0.1, 0.15) is 5.75 Å². The summed E-state index contributed by atoms with van der Waals surface area (Å²) >= 11 is 0. The fourth-order valence-corrected chi connectivity index (χ4v) is 2.21. The molecule has 1 aliphatic rings. The lowest BCUT2D eigenvalue weighted by Gasteiger charge is -2.05. The zero-order valence-corrected chi connectivity index (χ0v) is 10.1. The fourth-order valence-electron chi connectivity index (χ4n) is 2.21. The minimum Gasteiger partial charge on any atom is -0.484 e. The molecule has 0 unspecified atom stereocenters. The van der Waals surface area contributed by atoms with Gasteiger partial charge in [0.25, 0.3) is 5.89 Å². The Morgan fingerprint density at radius 3 is 2.83 bits per heavy atom. The van der Waals surface area contributed by atoms with E-state index in [4.69, 9.17) is 14.9 Å². The first-order valence-corrected chi connectivity index (χ1v) is 6.11. The molecule has 0 bridgehead atoms. The standard InChI is InChI=1S/C13H15N3O2/c14-7-12-15-16-13(18-12)8-17-11-5-4-9-2-1-3-10(9)6-11/h4-6H,1-3,7-8,14H2. The van der Waals surface area contributed by atoms with E-state index in [9.17, 15) is 0 Å².